The zero-order valence-corrected chi connectivity index (χ0v) is 14.8. The van der Waals surface area contributed by atoms with Gasteiger partial charge in [-0.25, -0.2) is 9.78 Å². The van der Waals surface area contributed by atoms with Crippen LogP contribution in [0.2, 0.25) is 5.02 Å². The highest BCUT2D eigenvalue weighted by Crippen LogP contribution is 2.23. The maximum absolute atomic E-state index is 12.7. The van der Waals surface area contributed by atoms with Crippen LogP contribution >= 0.6 is 11.6 Å². The molecule has 0 amide bonds. The van der Waals surface area contributed by atoms with Crippen molar-refractivity contribution >= 4 is 22.5 Å². The first-order valence-electron chi connectivity index (χ1n) is 8.04. The summed E-state index contributed by atoms with van der Waals surface area (Å²) in [4.78, 5) is 29.3. The second-order valence-electron chi connectivity index (χ2n) is 5.75. The molecule has 6 nitrogen and oxygen atoms in total. The van der Waals surface area contributed by atoms with E-state index in [1.165, 1.54) is 15.3 Å². The summed E-state index contributed by atoms with van der Waals surface area (Å²) in [6.45, 7) is 2.40. The largest absolute Gasteiger partial charge is 0.439 e. The highest BCUT2D eigenvalue weighted by molar-refractivity contribution is 6.30. The molecule has 2 heterocycles. The van der Waals surface area contributed by atoms with Crippen molar-refractivity contribution in [3.05, 3.63) is 62.4 Å². The summed E-state index contributed by atoms with van der Waals surface area (Å²) >= 11 is 5.95. The lowest BCUT2D eigenvalue weighted by Gasteiger charge is -2.11. The maximum atomic E-state index is 12.7. The molecule has 0 saturated carbocycles. The van der Waals surface area contributed by atoms with Crippen LogP contribution in [-0.2, 0) is 13.6 Å². The fourth-order valence-corrected chi connectivity index (χ4v) is 2.78. The van der Waals surface area contributed by atoms with Gasteiger partial charge in [-0.15, -0.1) is 0 Å². The Morgan fingerprint density at radius 2 is 2.04 bits per heavy atom. The second kappa shape index (κ2) is 7.11. The van der Waals surface area contributed by atoms with Crippen LogP contribution < -0.4 is 16.0 Å². The van der Waals surface area contributed by atoms with E-state index in [-0.39, 0.29) is 17.1 Å². The fraction of sp³-hybridized carbons (Fsp3) is 0.278. The second-order valence-corrected chi connectivity index (χ2v) is 6.19. The molecule has 0 saturated heterocycles. The Labute approximate surface area is 149 Å². The number of nitrogens with zero attached hydrogens (tertiary/aromatic N) is 3. The van der Waals surface area contributed by atoms with Crippen molar-refractivity contribution in [3.8, 4) is 11.6 Å². The Bertz CT molecular complexity index is 1040. The minimum atomic E-state index is -0.337. The van der Waals surface area contributed by atoms with E-state index in [9.17, 15) is 9.59 Å². The summed E-state index contributed by atoms with van der Waals surface area (Å²) in [5.74, 6) is 0.794. The maximum Gasteiger partial charge on any atom is 0.331 e. The third-order valence-corrected chi connectivity index (χ3v) is 4.20. The highest BCUT2D eigenvalue weighted by atomic mass is 35.5. The van der Waals surface area contributed by atoms with E-state index in [1.807, 2.05) is 6.92 Å². The third kappa shape index (κ3) is 3.44. The lowest BCUT2D eigenvalue weighted by atomic mass is 10.2. The van der Waals surface area contributed by atoms with Gasteiger partial charge >= 0.3 is 5.69 Å². The zero-order chi connectivity index (χ0) is 18.0. The van der Waals surface area contributed by atoms with Crippen LogP contribution in [-0.4, -0.2) is 14.1 Å². The van der Waals surface area contributed by atoms with Crippen LogP contribution in [0.1, 0.15) is 19.8 Å². The molecule has 0 aliphatic heterocycles. The lowest BCUT2D eigenvalue weighted by Crippen LogP contribution is -2.39. The number of halogens is 1. The molecule has 1 aromatic carbocycles. The van der Waals surface area contributed by atoms with Crippen LogP contribution in [0.4, 0.5) is 0 Å². The fourth-order valence-electron chi connectivity index (χ4n) is 2.60. The first-order valence-corrected chi connectivity index (χ1v) is 8.42. The van der Waals surface area contributed by atoms with Crippen LogP contribution in [0, 0.1) is 0 Å². The molecule has 0 N–H and O–H groups in total. The predicted octanol–water partition coefficient (Wildman–Crippen LogP) is 3.34. The topological polar surface area (TPSA) is 66.1 Å². The number of aromatic nitrogens is 3. The summed E-state index contributed by atoms with van der Waals surface area (Å²) in [6.07, 6.45) is 3.13. The Hall–Kier alpha value is -2.60. The monoisotopic (exact) mass is 359 g/mol. The number of rotatable bonds is 5. The summed E-state index contributed by atoms with van der Waals surface area (Å²) < 4.78 is 8.37. The number of aryl methyl sites for hydroxylation is 1. The van der Waals surface area contributed by atoms with Crippen LogP contribution in [0.25, 0.3) is 10.9 Å². The van der Waals surface area contributed by atoms with Crippen molar-refractivity contribution < 1.29 is 4.74 Å². The van der Waals surface area contributed by atoms with Gasteiger partial charge < -0.3 is 4.74 Å². The molecular weight excluding hydrogens is 342 g/mol. The van der Waals surface area contributed by atoms with Gasteiger partial charge in [0, 0.05) is 24.7 Å². The standard InChI is InChI=1S/C18H18ClN3O3/c1-3-4-8-22-17(23)14-10-16(20-11-15(14)21(2)18(22)24)25-13-7-5-6-12(19)9-13/h5-7,9-11H,3-4,8H2,1-2H3. The molecule has 0 aliphatic carbocycles. The Morgan fingerprint density at radius 1 is 1.24 bits per heavy atom. The van der Waals surface area contributed by atoms with E-state index in [0.29, 0.717) is 28.2 Å². The highest BCUT2D eigenvalue weighted by Gasteiger charge is 2.12. The van der Waals surface area contributed by atoms with E-state index in [4.69, 9.17) is 16.3 Å². The molecule has 2 aromatic heterocycles. The summed E-state index contributed by atoms with van der Waals surface area (Å²) in [5, 5.41) is 0.938. The normalized spacial score (nSPS) is 11.0. The molecule has 130 valence electrons. The van der Waals surface area contributed by atoms with E-state index in [2.05, 4.69) is 4.98 Å². The first-order chi connectivity index (χ1) is 12.0. The molecule has 0 bridgehead atoms. The van der Waals surface area contributed by atoms with Gasteiger partial charge in [0.2, 0.25) is 5.88 Å². The number of unbranched alkanes of at least 4 members (excludes halogenated alkanes) is 1. The number of hydrogen-bond acceptors (Lipinski definition) is 4. The molecule has 0 spiro atoms. The van der Waals surface area contributed by atoms with Crippen LogP contribution in [0.5, 0.6) is 11.6 Å². The van der Waals surface area contributed by atoms with Crippen LogP contribution in [0.3, 0.4) is 0 Å². The average molecular weight is 360 g/mol. The number of ether oxygens (including phenoxy) is 1. The number of fused-ring (bicyclic) bond motifs is 1. The van der Waals surface area contributed by atoms with Crippen molar-refractivity contribution in [3.63, 3.8) is 0 Å². The molecule has 0 aliphatic rings. The molecular formula is C18H18ClN3O3. The van der Waals surface area contributed by atoms with Gasteiger partial charge in [-0.3, -0.25) is 13.9 Å². The minimum absolute atomic E-state index is 0.271. The third-order valence-electron chi connectivity index (χ3n) is 3.97. The van der Waals surface area contributed by atoms with E-state index in [0.717, 1.165) is 12.8 Å². The van der Waals surface area contributed by atoms with Gasteiger partial charge in [-0.05, 0) is 24.6 Å². The van der Waals surface area contributed by atoms with Gasteiger partial charge in [0.25, 0.3) is 5.56 Å². The Kier molecular flexibility index (Phi) is 4.90. The lowest BCUT2D eigenvalue weighted by molar-refractivity contribution is 0.463. The summed E-state index contributed by atoms with van der Waals surface area (Å²) in [6, 6.07) is 8.47. The van der Waals surface area contributed by atoms with Crippen molar-refractivity contribution in [2.75, 3.05) is 0 Å². The van der Waals surface area contributed by atoms with Gasteiger partial charge in [0.15, 0.2) is 0 Å². The van der Waals surface area contributed by atoms with Crippen molar-refractivity contribution in [2.45, 2.75) is 26.3 Å². The molecule has 3 rings (SSSR count). The first kappa shape index (κ1) is 17.2. The van der Waals surface area contributed by atoms with Crippen molar-refractivity contribution in [1.29, 1.82) is 0 Å². The summed E-state index contributed by atoms with van der Waals surface area (Å²) in [5.41, 5.74) is -0.192. The summed E-state index contributed by atoms with van der Waals surface area (Å²) in [7, 11) is 1.63. The minimum Gasteiger partial charge on any atom is -0.439 e. The van der Waals surface area contributed by atoms with Crippen LogP contribution in [0.15, 0.2) is 46.1 Å². The van der Waals surface area contributed by atoms with Gasteiger partial charge in [0.05, 0.1) is 17.1 Å². The van der Waals surface area contributed by atoms with E-state index in [1.54, 1.807) is 37.4 Å². The SMILES string of the molecule is CCCCn1c(=O)c2cc(Oc3cccc(Cl)c3)ncc2n(C)c1=O. The molecule has 0 radical (unpaired) electrons. The molecule has 25 heavy (non-hydrogen) atoms. The van der Waals surface area contributed by atoms with E-state index < -0.39 is 0 Å². The zero-order valence-electron chi connectivity index (χ0n) is 14.0. The molecule has 0 atom stereocenters. The van der Waals surface area contributed by atoms with E-state index >= 15 is 0 Å². The number of hydrogen-bond donors (Lipinski definition) is 0. The van der Waals surface area contributed by atoms with Crippen molar-refractivity contribution in [2.24, 2.45) is 7.05 Å². The van der Waals surface area contributed by atoms with Gasteiger partial charge in [0.1, 0.15) is 5.75 Å². The predicted molar refractivity (Wildman–Crippen MR) is 97.7 cm³/mol. The molecule has 3 aromatic rings. The average Bonchev–Trinajstić information content (AvgIpc) is 2.60. The molecule has 0 unspecified atom stereocenters. The number of benzene rings is 1. The smallest absolute Gasteiger partial charge is 0.331 e. The van der Waals surface area contributed by atoms with Gasteiger partial charge in [-0.1, -0.05) is 31.0 Å². The Morgan fingerprint density at radius 3 is 2.76 bits per heavy atom. The molecule has 7 heteroatoms. The van der Waals surface area contributed by atoms with Gasteiger partial charge in [-0.2, -0.15) is 0 Å². The van der Waals surface area contributed by atoms with Crippen molar-refractivity contribution in [1.82, 2.24) is 14.1 Å². The quantitative estimate of drug-likeness (QED) is 0.700. The Balaban J connectivity index is 2.10. The number of pyridine rings is 1. The molecule has 0 fully saturated rings.